The van der Waals surface area contributed by atoms with Gasteiger partial charge in [-0.05, 0) is 180 Å². The zero-order valence-corrected chi connectivity index (χ0v) is 91.3. The topological polar surface area (TPSA) is 277 Å². The van der Waals surface area contributed by atoms with Crippen LogP contribution in [0.1, 0.15) is 137 Å². The molecule has 2 amide bonds. The first-order chi connectivity index (χ1) is 62.2. The van der Waals surface area contributed by atoms with Crippen LogP contribution in [-0.4, -0.2) is 188 Å². The number of aromatic amines is 1. The van der Waals surface area contributed by atoms with E-state index in [1.165, 1.54) is 24.7 Å². The number of benzene rings is 6. The fourth-order valence-electron chi connectivity index (χ4n) is 13.3. The number of hydrogen-bond donors (Lipinski definition) is 6. The predicted octanol–water partition coefficient (Wildman–Crippen LogP) is 20.1. The average molecular weight is 2420 g/mol. The number of carbonyl (C=O) groups excluding carboxylic acids is 6. The van der Waals surface area contributed by atoms with Gasteiger partial charge in [0, 0.05) is 255 Å². The zero-order valence-electron chi connectivity index (χ0n) is 74.2. The number of alkyl halides is 9. The summed E-state index contributed by atoms with van der Waals surface area (Å²) in [6.45, 7) is 24.2. The van der Waals surface area contributed by atoms with Crippen LogP contribution in [0, 0.1) is 11.6 Å². The number of ketones is 4. The number of carbonyl (C=O) groups is 6. The third-order valence-electron chi connectivity index (χ3n) is 20.7. The number of amides is 2. The molecule has 135 heavy (non-hydrogen) atoms. The third kappa shape index (κ3) is 36.6. The van der Waals surface area contributed by atoms with Crippen LogP contribution in [0.2, 0.25) is 0 Å². The highest BCUT2D eigenvalue weighted by Crippen LogP contribution is 2.44. The molecule has 0 spiro atoms. The second-order valence-corrected chi connectivity index (χ2v) is 40.8. The lowest BCUT2D eigenvalue weighted by Crippen LogP contribution is -2.41. The Morgan fingerprint density at radius 2 is 0.904 bits per heavy atom. The van der Waals surface area contributed by atoms with Crippen molar-refractivity contribution >= 4 is 303 Å². The molecule has 10 aromatic rings. The van der Waals surface area contributed by atoms with E-state index in [0.717, 1.165) is 118 Å². The Balaban J connectivity index is 0.000000417. The van der Waals surface area contributed by atoms with Gasteiger partial charge in [0.15, 0.2) is 46.3 Å². The van der Waals surface area contributed by atoms with Gasteiger partial charge in [0.2, 0.25) is 11.8 Å². The Morgan fingerprint density at radius 3 is 1.25 bits per heavy atom. The molecular formula is C84H96B2Br5ClF10N8O15S10. The molecule has 14 rings (SSSR count). The van der Waals surface area contributed by atoms with Crippen LogP contribution in [-0.2, 0) is 147 Å². The number of hydrogen-bond acceptors (Lipinski definition) is 23. The van der Waals surface area contributed by atoms with Crippen molar-refractivity contribution in [2.45, 2.75) is 175 Å². The molecule has 0 aliphatic carbocycles. The molecule has 4 aromatic heterocycles. The van der Waals surface area contributed by atoms with Gasteiger partial charge in [0.25, 0.3) is 0 Å². The molecule has 740 valence electrons. The second-order valence-electron chi connectivity index (χ2n) is 31.0. The van der Waals surface area contributed by atoms with E-state index in [0.29, 0.717) is 36.3 Å². The van der Waals surface area contributed by atoms with E-state index in [1.807, 2.05) is 148 Å². The number of H-pyrrole nitrogens is 1. The lowest BCUT2D eigenvalue weighted by Gasteiger charge is -2.32. The van der Waals surface area contributed by atoms with Gasteiger partial charge in [-0.2, -0.15) is 13.5 Å². The molecule has 4 saturated heterocycles. The molecule has 6 aromatic carbocycles. The first-order valence-electron chi connectivity index (χ1n) is 39.5. The van der Waals surface area contributed by atoms with Crippen LogP contribution in [0.25, 0.3) is 43.6 Å². The highest BCUT2D eigenvalue weighted by molar-refractivity contribution is 9.11. The Labute approximate surface area is 867 Å². The van der Waals surface area contributed by atoms with Crippen LogP contribution >= 0.6 is 106 Å². The van der Waals surface area contributed by atoms with Gasteiger partial charge >= 0.3 is 26.7 Å². The van der Waals surface area contributed by atoms with Crippen LogP contribution < -0.4 is 25.4 Å². The maximum Gasteiger partial charge on any atom is 0.573 e. The van der Waals surface area contributed by atoms with E-state index in [-0.39, 0.29) is 117 Å². The van der Waals surface area contributed by atoms with Crippen molar-refractivity contribution in [1.82, 2.24) is 28.9 Å². The van der Waals surface area contributed by atoms with Gasteiger partial charge in [0.05, 0.1) is 64.6 Å². The van der Waals surface area contributed by atoms with Crippen molar-refractivity contribution in [1.29, 1.82) is 0 Å². The third-order valence-corrected chi connectivity index (χ3v) is 25.3. The summed E-state index contributed by atoms with van der Waals surface area (Å²) in [5.74, 6) is -6.26. The van der Waals surface area contributed by atoms with Crippen molar-refractivity contribution in [2.75, 3.05) is 55.9 Å². The molecule has 4 fully saturated rings. The number of nitrogens with zero attached hydrogens (tertiary/aromatic N) is 4. The van der Waals surface area contributed by atoms with Gasteiger partial charge in [-0.15, -0.1) is 38.7 Å². The molecule has 4 aliphatic rings. The maximum absolute atomic E-state index is 14.5. The van der Waals surface area contributed by atoms with E-state index >= 15 is 0 Å². The van der Waals surface area contributed by atoms with Crippen molar-refractivity contribution in [3.05, 3.63) is 186 Å². The summed E-state index contributed by atoms with van der Waals surface area (Å²) >= 11 is 40.8. The fourth-order valence-corrected chi connectivity index (χ4v) is 14.8. The molecule has 4 atom stereocenters. The Hall–Kier alpha value is -5.21. The predicted molar refractivity (Wildman–Crippen MR) is 556 cm³/mol. The first kappa shape index (κ1) is 124. The van der Waals surface area contributed by atoms with Gasteiger partial charge in [-0.1, -0.05) is 91.8 Å². The number of aromatic nitrogens is 4. The molecule has 0 saturated carbocycles. The highest BCUT2D eigenvalue weighted by atomic mass is 79.9. The number of fused-ring (bicyclic) bond motifs is 4. The monoisotopic (exact) mass is 2420 g/mol. The minimum absolute atomic E-state index is 0. The summed E-state index contributed by atoms with van der Waals surface area (Å²) in [7, 11) is 3.94. The summed E-state index contributed by atoms with van der Waals surface area (Å²) in [6, 6.07) is 27.2. The van der Waals surface area contributed by atoms with E-state index in [2.05, 4.69) is 177 Å². The van der Waals surface area contributed by atoms with Crippen LogP contribution in [0.4, 0.5) is 55.3 Å². The minimum Gasteiger partial charge on any atom is -0.405 e. The SMILES string of the molecule is CC(=O)c1c[nH]c2ccc(Br)cc12.CC(=O)c1cn(CCN2C[C@H](F)C[C@H]2C(=O)Nc2cccc(OC(F)(F)F)c2F)c2ccc(Br)cc12.CC(=O)c1cn(CCO)c2ccc(Br)cc12.CC1(C)OB(B2OC(C)(C)C(C)(C)O2)OC1(C)C.COCn1cc(C(C)=O)c2cc(Br)ccc21.Cl.O=C(Nc1cccc(OC(F)(F)F)c1F)[C@@H]1C[C@@H](F)CN1.OCCBr.S.S=S.S=S=S.S=S=S=S. The Morgan fingerprint density at radius 1 is 0.541 bits per heavy atom. The number of likely N-dealkylation sites (tertiary alicyclic amines) is 1. The first-order valence-corrected chi connectivity index (χ1v) is 51.8. The summed E-state index contributed by atoms with van der Waals surface area (Å²) in [6.07, 6.45) is -5.78. The molecule has 0 radical (unpaired) electrons. The molecule has 4 aliphatic heterocycles. The van der Waals surface area contributed by atoms with Crippen LogP contribution in [0.3, 0.4) is 0 Å². The van der Waals surface area contributed by atoms with Crippen LogP contribution in [0.15, 0.2) is 152 Å². The zero-order chi connectivity index (χ0) is 100. The molecule has 0 unspecified atom stereocenters. The lowest BCUT2D eigenvalue weighted by atomic mass is 9.49. The number of Topliss-reactive ketones (excluding diaryl/α,β-unsaturated/α-hetero) is 4. The lowest BCUT2D eigenvalue weighted by molar-refractivity contribution is -0.276. The second kappa shape index (κ2) is 57.2. The Bertz CT molecular complexity index is 5670. The van der Waals surface area contributed by atoms with Gasteiger partial charge < -0.3 is 77.7 Å². The smallest absolute Gasteiger partial charge is 0.405 e. The maximum atomic E-state index is 14.5. The standard InChI is InChI=1S/C24H21BrF5N3O3.C12H24B2O4.2C12H12BrNO2.C12H11F5N2O2.C10H8BrNO.C2H5BrO.ClH.S4.S3.S2.H2S/c1-13(34)17-12-33(19-6-5-14(25)9-16(17)19)8-7-32-11-15(26)10-20(32)23(35)31-18-3-2-4-21(22(18)27)36-24(28,29)30;1-9(2)10(3,4)16-13(15-9)14-17-11(5,6)12(7,8)18-14;1-8(15)11-6-14(7-16-2)12-4-3-9(13)5-10(11)12;1-8(16)11-7-14(4-5-15)12-3-2-9(13)6-10(11)12;13-6-4-8(18-5-6)11(20)19-7-2-1-3-9(10(7)14)21-12(15,16)17;1-6(13)9-5-12-10-3-2-7(11)4-8(9)10;3-1-2-4;;1-3-4-2;1-3-2;1-2;/h2-6,9,12,15,20H,7-8,10-11H2,1H3,(H,31,35);1-8H3;3-6H,7H2,1-2H3;2-3,6-7,15H,4-5H2,1H3;1-3,6,8,18H,4-5H2,(H,19,20);2-5,12H,1H3;4H,1-2H2;1H;;;;1H2/t15-,20+;;;;6-,8+;;;;;;;/m1...1......./s1. The summed E-state index contributed by atoms with van der Waals surface area (Å²) in [5, 5.41) is 28.0. The molecule has 51 heteroatoms. The number of rotatable bonds is 19. The summed E-state index contributed by atoms with van der Waals surface area (Å²) in [4.78, 5) is 75.6. The van der Waals surface area contributed by atoms with Crippen molar-refractivity contribution in [2.24, 2.45) is 0 Å². The summed E-state index contributed by atoms with van der Waals surface area (Å²) < 4.78 is 175. The largest absolute Gasteiger partial charge is 0.573 e. The highest BCUT2D eigenvalue weighted by Gasteiger charge is 2.64. The molecule has 0 bridgehead atoms. The van der Waals surface area contributed by atoms with Gasteiger partial charge in [0.1, 0.15) is 19.1 Å². The van der Waals surface area contributed by atoms with E-state index in [9.17, 15) is 72.7 Å². The molecule has 23 nitrogen and oxygen atoms in total. The van der Waals surface area contributed by atoms with Gasteiger partial charge in [-0.25, -0.2) is 17.6 Å². The molecule has 6 N–H and O–H groups in total. The van der Waals surface area contributed by atoms with Crippen molar-refractivity contribution in [3.8, 4) is 11.5 Å². The van der Waals surface area contributed by atoms with E-state index < -0.39 is 97.5 Å². The van der Waals surface area contributed by atoms with E-state index in [1.54, 1.807) is 51.4 Å². The minimum atomic E-state index is -5.10. The van der Waals surface area contributed by atoms with Crippen molar-refractivity contribution in [3.63, 3.8) is 0 Å². The number of nitrogens with one attached hydrogen (secondary N) is 4. The Kier molecular flexibility index (Phi) is 52.5. The number of aliphatic hydroxyl groups excluding tert-OH is 2. The number of aliphatic hydroxyl groups is 2. The van der Waals surface area contributed by atoms with Crippen LogP contribution in [0.5, 0.6) is 11.5 Å². The molecular weight excluding hydrogens is 2330 g/mol. The van der Waals surface area contributed by atoms with Crippen molar-refractivity contribution < 1.29 is 116 Å². The fraction of sp³-hybridized carbons (Fsp3) is 0.405. The molecule has 8 heterocycles. The van der Waals surface area contributed by atoms with Gasteiger partial charge in [-0.3, -0.25) is 33.7 Å². The number of anilines is 2. The number of methoxy groups -OCH3 is 1. The number of ether oxygens (including phenoxy) is 3. The summed E-state index contributed by atoms with van der Waals surface area (Å²) in [5.41, 5.74) is 4.07. The average Bonchev–Trinajstić information content (AvgIpc) is 1.59. The normalized spacial score (nSPS) is 16.8. The van der Waals surface area contributed by atoms with E-state index in [4.69, 9.17) is 33.6 Å². The number of halogens is 16. The quantitative estimate of drug-likeness (QED) is 0.0190.